The number of aryl methyl sites for hydroxylation is 1. The molecule has 196 valence electrons. The average Bonchev–Trinajstić information content (AvgIpc) is 3.29. The lowest BCUT2D eigenvalue weighted by molar-refractivity contribution is -0.137. The number of carbonyl (C=O) groups is 2. The zero-order chi connectivity index (χ0) is 27.0. The maximum atomic E-state index is 14.0. The Labute approximate surface area is 216 Å². The highest BCUT2D eigenvalue weighted by molar-refractivity contribution is 6.09. The van der Waals surface area contributed by atoms with Crippen LogP contribution in [0.1, 0.15) is 39.9 Å². The summed E-state index contributed by atoms with van der Waals surface area (Å²) in [6, 6.07) is 15.8. The first kappa shape index (κ1) is 25.4. The van der Waals surface area contributed by atoms with Gasteiger partial charge < -0.3 is 10.2 Å². The summed E-state index contributed by atoms with van der Waals surface area (Å²) in [7, 11) is 0. The summed E-state index contributed by atoms with van der Waals surface area (Å²) in [5.41, 5.74) is 1.81. The highest BCUT2D eigenvalue weighted by atomic mass is 19.4. The number of urea groups is 1. The molecule has 3 aromatic rings. The quantitative estimate of drug-likeness (QED) is 0.476. The number of halogens is 4. The van der Waals surface area contributed by atoms with Crippen molar-refractivity contribution in [3.05, 3.63) is 106 Å². The molecule has 0 saturated carbocycles. The number of aliphatic imine (C=N–C) groups is 1. The van der Waals surface area contributed by atoms with E-state index in [9.17, 15) is 27.2 Å². The van der Waals surface area contributed by atoms with Crippen LogP contribution in [-0.4, -0.2) is 47.2 Å². The molecule has 10 heteroatoms. The van der Waals surface area contributed by atoms with Crippen molar-refractivity contribution >= 4 is 17.8 Å². The number of nitrogens with one attached hydrogen (secondary N) is 1. The van der Waals surface area contributed by atoms with Crippen LogP contribution in [0.4, 0.5) is 22.4 Å². The molecule has 2 aliphatic rings. The molecule has 2 aliphatic heterocycles. The smallest absolute Gasteiger partial charge is 0.353 e. The Kier molecular flexibility index (Phi) is 6.64. The van der Waals surface area contributed by atoms with Crippen molar-refractivity contribution in [3.8, 4) is 0 Å². The largest absolute Gasteiger partial charge is 0.416 e. The Morgan fingerprint density at radius 3 is 2.34 bits per heavy atom. The van der Waals surface area contributed by atoms with E-state index in [-0.39, 0.29) is 24.8 Å². The van der Waals surface area contributed by atoms with Crippen molar-refractivity contribution in [1.29, 1.82) is 0 Å². The van der Waals surface area contributed by atoms with E-state index in [2.05, 4.69) is 5.32 Å². The summed E-state index contributed by atoms with van der Waals surface area (Å²) < 4.78 is 53.5. The summed E-state index contributed by atoms with van der Waals surface area (Å²) in [6.45, 7) is 2.33. The van der Waals surface area contributed by atoms with Crippen molar-refractivity contribution in [1.82, 2.24) is 15.1 Å². The van der Waals surface area contributed by atoms with Crippen LogP contribution in [0.2, 0.25) is 0 Å². The van der Waals surface area contributed by atoms with E-state index in [0.717, 1.165) is 23.3 Å². The van der Waals surface area contributed by atoms with E-state index in [4.69, 9.17) is 4.99 Å². The lowest BCUT2D eigenvalue weighted by Crippen LogP contribution is -2.55. The van der Waals surface area contributed by atoms with Crippen molar-refractivity contribution in [3.63, 3.8) is 0 Å². The zero-order valence-electron chi connectivity index (χ0n) is 20.4. The molecule has 1 saturated heterocycles. The van der Waals surface area contributed by atoms with E-state index in [1.807, 2.05) is 31.2 Å². The predicted octanol–water partition coefficient (Wildman–Crippen LogP) is 5.25. The van der Waals surface area contributed by atoms with E-state index in [0.29, 0.717) is 17.7 Å². The van der Waals surface area contributed by atoms with Crippen molar-refractivity contribution < 1.29 is 27.2 Å². The van der Waals surface area contributed by atoms with Crippen LogP contribution >= 0.6 is 0 Å². The number of nitrogens with zero attached hydrogens (tertiary/aromatic N) is 3. The fourth-order valence-corrected chi connectivity index (χ4v) is 4.83. The van der Waals surface area contributed by atoms with Crippen LogP contribution < -0.4 is 5.32 Å². The standard InChI is InChI=1S/C28H24F4N4O2/c1-17-3-2-4-20(15-17)25-24(18-5-9-21(10-6-18)28(30,31)32)34-26(19-7-11-22(29)12-8-19)36(25)27(38)35-14-13-33-23(37)16-35/h2-12,15,24-25H,13-14,16H2,1H3,(H,33,37). The van der Waals surface area contributed by atoms with Gasteiger partial charge in [-0.1, -0.05) is 42.0 Å². The summed E-state index contributed by atoms with van der Waals surface area (Å²) in [5.74, 6) is -0.514. The van der Waals surface area contributed by atoms with Crippen LogP contribution in [0.3, 0.4) is 0 Å². The maximum Gasteiger partial charge on any atom is 0.416 e. The molecule has 3 amide bonds. The molecule has 6 nitrogen and oxygen atoms in total. The number of carbonyl (C=O) groups excluding carboxylic acids is 2. The van der Waals surface area contributed by atoms with Crippen molar-refractivity contribution in [2.45, 2.75) is 25.2 Å². The topological polar surface area (TPSA) is 65.0 Å². The molecule has 0 spiro atoms. The van der Waals surface area contributed by atoms with E-state index in [1.165, 1.54) is 46.2 Å². The lowest BCUT2D eigenvalue weighted by Gasteiger charge is -2.35. The minimum absolute atomic E-state index is 0.141. The molecule has 1 N–H and O–H groups in total. The summed E-state index contributed by atoms with van der Waals surface area (Å²) in [6.07, 6.45) is -4.50. The first-order valence-corrected chi connectivity index (χ1v) is 12.0. The SMILES string of the molecule is Cc1cccc(C2C(c3ccc(C(F)(F)F)cc3)N=C(c3ccc(F)cc3)N2C(=O)N2CCNC(=O)C2)c1. The van der Waals surface area contributed by atoms with Gasteiger partial charge in [-0.3, -0.25) is 14.7 Å². The molecular weight excluding hydrogens is 500 g/mol. The van der Waals surface area contributed by atoms with Crippen molar-refractivity contribution in [2.75, 3.05) is 19.6 Å². The van der Waals surface area contributed by atoms with Crippen LogP contribution in [0.15, 0.2) is 77.8 Å². The number of alkyl halides is 3. The molecule has 1 fully saturated rings. The first-order valence-electron chi connectivity index (χ1n) is 12.0. The third kappa shape index (κ3) is 4.98. The number of piperazine rings is 1. The first-order chi connectivity index (χ1) is 18.1. The molecule has 2 unspecified atom stereocenters. The highest BCUT2D eigenvalue weighted by Crippen LogP contribution is 2.44. The summed E-state index contributed by atoms with van der Waals surface area (Å²) in [5, 5.41) is 2.69. The van der Waals surface area contributed by atoms with Gasteiger partial charge in [0.25, 0.3) is 0 Å². The minimum Gasteiger partial charge on any atom is -0.353 e. The van der Waals surface area contributed by atoms with E-state index in [1.54, 1.807) is 0 Å². The molecule has 0 bridgehead atoms. The second-order valence-electron chi connectivity index (χ2n) is 9.31. The Balaban J connectivity index is 1.66. The molecule has 5 rings (SSSR count). The second-order valence-corrected chi connectivity index (χ2v) is 9.31. The van der Waals surface area contributed by atoms with Gasteiger partial charge in [0.15, 0.2) is 0 Å². The number of amidine groups is 1. The van der Waals surface area contributed by atoms with Gasteiger partial charge in [0.2, 0.25) is 5.91 Å². The third-order valence-electron chi connectivity index (χ3n) is 6.65. The summed E-state index contributed by atoms with van der Waals surface area (Å²) in [4.78, 5) is 33.8. The number of hydrogen-bond acceptors (Lipinski definition) is 3. The Morgan fingerprint density at radius 1 is 1.00 bits per heavy atom. The predicted molar refractivity (Wildman–Crippen MR) is 133 cm³/mol. The van der Waals surface area contributed by atoms with Gasteiger partial charge in [0.1, 0.15) is 24.2 Å². The number of hydrogen-bond donors (Lipinski definition) is 1. The van der Waals surface area contributed by atoms with Gasteiger partial charge in [0.05, 0.1) is 11.6 Å². The monoisotopic (exact) mass is 524 g/mol. The molecular formula is C28H24F4N4O2. The molecule has 38 heavy (non-hydrogen) atoms. The van der Waals surface area contributed by atoms with Gasteiger partial charge in [-0.25, -0.2) is 9.18 Å². The fourth-order valence-electron chi connectivity index (χ4n) is 4.83. The zero-order valence-corrected chi connectivity index (χ0v) is 20.4. The van der Waals surface area contributed by atoms with Gasteiger partial charge in [0, 0.05) is 18.7 Å². The second kappa shape index (κ2) is 9.92. The van der Waals surface area contributed by atoms with Gasteiger partial charge >= 0.3 is 12.2 Å². The lowest BCUT2D eigenvalue weighted by atomic mass is 9.92. The van der Waals surface area contributed by atoms with E-state index < -0.39 is 35.7 Å². The molecule has 2 atom stereocenters. The van der Waals surface area contributed by atoms with E-state index >= 15 is 0 Å². The molecule has 2 heterocycles. The van der Waals surface area contributed by atoms with Gasteiger partial charge in [-0.2, -0.15) is 13.2 Å². The Morgan fingerprint density at radius 2 is 1.71 bits per heavy atom. The van der Waals surface area contributed by atoms with Gasteiger partial charge in [-0.15, -0.1) is 0 Å². The van der Waals surface area contributed by atoms with Crippen LogP contribution in [0, 0.1) is 12.7 Å². The van der Waals surface area contributed by atoms with Crippen molar-refractivity contribution in [2.24, 2.45) is 4.99 Å². The molecule has 3 aromatic carbocycles. The fraction of sp³-hybridized carbons (Fsp3) is 0.250. The van der Waals surface area contributed by atoms with Crippen LogP contribution in [-0.2, 0) is 11.0 Å². The third-order valence-corrected chi connectivity index (χ3v) is 6.65. The maximum absolute atomic E-state index is 14.0. The highest BCUT2D eigenvalue weighted by Gasteiger charge is 2.44. The molecule has 0 aromatic heterocycles. The Bertz CT molecular complexity index is 1390. The summed E-state index contributed by atoms with van der Waals surface area (Å²) >= 11 is 0. The van der Waals surface area contributed by atoms with Crippen LogP contribution in [0.5, 0.6) is 0 Å². The van der Waals surface area contributed by atoms with Crippen LogP contribution in [0.25, 0.3) is 0 Å². The number of rotatable bonds is 3. The number of benzene rings is 3. The Hall–Kier alpha value is -4.21. The minimum atomic E-state index is -4.50. The van der Waals surface area contributed by atoms with Gasteiger partial charge in [-0.05, 0) is 54.4 Å². The average molecular weight is 525 g/mol. The normalized spacial score (nSPS) is 19.8. The molecule has 0 radical (unpaired) electrons. The molecule has 0 aliphatic carbocycles. The number of amides is 3.